The monoisotopic (exact) mass is 299 g/mol. The molecule has 1 rings (SSSR count). The highest BCUT2D eigenvalue weighted by Crippen LogP contribution is 2.27. The molecule has 0 spiro atoms. The second kappa shape index (κ2) is 5.67. The molecule has 1 aromatic rings. The number of hydrogen-bond acceptors (Lipinski definition) is 3. The van der Waals surface area contributed by atoms with Crippen molar-refractivity contribution in [2.24, 2.45) is 5.73 Å². The Kier molecular flexibility index (Phi) is 4.51. The molecule has 0 saturated carbocycles. The van der Waals surface area contributed by atoms with Crippen molar-refractivity contribution in [2.45, 2.75) is 13.8 Å². The van der Waals surface area contributed by atoms with Gasteiger partial charge in [-0.25, -0.2) is 4.79 Å². The summed E-state index contributed by atoms with van der Waals surface area (Å²) in [5, 5.41) is 4.93. The number of halogens is 1. The summed E-state index contributed by atoms with van der Waals surface area (Å²) in [5.41, 5.74) is 7.81. The van der Waals surface area contributed by atoms with Crippen LogP contribution in [0.2, 0.25) is 0 Å². The molecule has 17 heavy (non-hydrogen) atoms. The number of aryl methyl sites for hydroxylation is 2. The van der Waals surface area contributed by atoms with Gasteiger partial charge in [0.05, 0.1) is 12.2 Å². The third-order valence-electron chi connectivity index (χ3n) is 2.12. The van der Waals surface area contributed by atoms with E-state index in [9.17, 15) is 9.59 Å². The number of amides is 3. The van der Waals surface area contributed by atoms with Gasteiger partial charge >= 0.3 is 6.03 Å². The standard InChI is InChI=1S/C11H14BrN3O2/c1-6-3-7(2)10(8(12)4-6)14-5-9(16)15-11(13)17/h3-4,14H,5H2,1-2H3,(H3,13,15,16,17). The van der Waals surface area contributed by atoms with Crippen LogP contribution >= 0.6 is 15.9 Å². The lowest BCUT2D eigenvalue weighted by Gasteiger charge is -2.12. The first-order valence-electron chi connectivity index (χ1n) is 5.00. The van der Waals surface area contributed by atoms with Crippen LogP contribution in [0.25, 0.3) is 0 Å². The third kappa shape index (κ3) is 4.07. The highest BCUT2D eigenvalue weighted by Gasteiger charge is 2.08. The van der Waals surface area contributed by atoms with Gasteiger partial charge < -0.3 is 11.1 Å². The summed E-state index contributed by atoms with van der Waals surface area (Å²) in [6.45, 7) is 3.92. The summed E-state index contributed by atoms with van der Waals surface area (Å²) in [6.07, 6.45) is 0. The van der Waals surface area contributed by atoms with Gasteiger partial charge in [-0.15, -0.1) is 0 Å². The SMILES string of the molecule is Cc1cc(C)c(NCC(=O)NC(N)=O)c(Br)c1. The average molecular weight is 300 g/mol. The van der Waals surface area contributed by atoms with E-state index < -0.39 is 11.9 Å². The molecule has 0 aliphatic carbocycles. The van der Waals surface area contributed by atoms with Crippen LogP contribution in [0, 0.1) is 13.8 Å². The maximum atomic E-state index is 11.2. The molecule has 0 bridgehead atoms. The van der Waals surface area contributed by atoms with Crippen molar-refractivity contribution in [2.75, 3.05) is 11.9 Å². The van der Waals surface area contributed by atoms with Gasteiger partial charge in [-0.3, -0.25) is 10.1 Å². The highest BCUT2D eigenvalue weighted by atomic mass is 79.9. The molecule has 0 atom stereocenters. The summed E-state index contributed by atoms with van der Waals surface area (Å²) in [5.74, 6) is -0.468. The van der Waals surface area contributed by atoms with Crippen LogP contribution in [0.15, 0.2) is 16.6 Å². The predicted octanol–water partition coefficient (Wildman–Crippen LogP) is 1.67. The molecular formula is C11H14BrN3O2. The van der Waals surface area contributed by atoms with Gasteiger partial charge in [-0.1, -0.05) is 6.07 Å². The normalized spacial score (nSPS) is 9.82. The van der Waals surface area contributed by atoms with E-state index in [-0.39, 0.29) is 6.54 Å². The van der Waals surface area contributed by atoms with Crippen LogP contribution in [0.3, 0.4) is 0 Å². The van der Waals surface area contributed by atoms with E-state index in [1.807, 2.05) is 31.3 Å². The molecule has 0 aliphatic rings. The van der Waals surface area contributed by atoms with Crippen LogP contribution < -0.4 is 16.4 Å². The smallest absolute Gasteiger partial charge is 0.318 e. The number of primary amides is 1. The molecule has 0 radical (unpaired) electrons. The quantitative estimate of drug-likeness (QED) is 0.794. The minimum atomic E-state index is -0.850. The first-order valence-corrected chi connectivity index (χ1v) is 5.79. The number of nitrogens with one attached hydrogen (secondary N) is 2. The van der Waals surface area contributed by atoms with Gasteiger partial charge in [0.15, 0.2) is 0 Å². The molecule has 5 nitrogen and oxygen atoms in total. The summed E-state index contributed by atoms with van der Waals surface area (Å²) in [6, 6.07) is 3.09. The minimum Gasteiger partial charge on any atom is -0.375 e. The lowest BCUT2D eigenvalue weighted by atomic mass is 10.1. The first-order chi connectivity index (χ1) is 7.90. The van der Waals surface area contributed by atoms with Crippen molar-refractivity contribution < 1.29 is 9.59 Å². The van der Waals surface area contributed by atoms with Crippen molar-refractivity contribution in [1.29, 1.82) is 0 Å². The number of hydrogen-bond donors (Lipinski definition) is 3. The van der Waals surface area contributed by atoms with Crippen LogP contribution in [0.1, 0.15) is 11.1 Å². The molecule has 0 fully saturated rings. The van der Waals surface area contributed by atoms with Crippen molar-refractivity contribution in [3.63, 3.8) is 0 Å². The Morgan fingerprint density at radius 1 is 1.35 bits per heavy atom. The molecule has 6 heteroatoms. The molecule has 0 aliphatic heterocycles. The zero-order chi connectivity index (χ0) is 13.0. The Balaban J connectivity index is 2.70. The van der Waals surface area contributed by atoms with Gasteiger partial charge in [0, 0.05) is 4.47 Å². The van der Waals surface area contributed by atoms with Crippen LogP contribution in [0.4, 0.5) is 10.5 Å². The maximum absolute atomic E-state index is 11.2. The summed E-state index contributed by atoms with van der Waals surface area (Å²) >= 11 is 3.41. The minimum absolute atomic E-state index is 0.00849. The van der Waals surface area contributed by atoms with E-state index in [4.69, 9.17) is 5.73 Å². The third-order valence-corrected chi connectivity index (χ3v) is 2.75. The van der Waals surface area contributed by atoms with E-state index in [0.29, 0.717) is 0 Å². The molecule has 0 unspecified atom stereocenters. The second-order valence-electron chi connectivity index (χ2n) is 3.70. The number of carbonyl (C=O) groups excluding carboxylic acids is 2. The van der Waals surface area contributed by atoms with Gasteiger partial charge in [0.25, 0.3) is 0 Å². The highest BCUT2D eigenvalue weighted by molar-refractivity contribution is 9.10. The molecule has 4 N–H and O–H groups in total. The molecule has 3 amide bonds. The number of imide groups is 1. The van der Waals surface area contributed by atoms with Crippen molar-refractivity contribution in [3.05, 3.63) is 27.7 Å². The molecule has 92 valence electrons. The van der Waals surface area contributed by atoms with Gasteiger partial charge in [-0.2, -0.15) is 0 Å². The lowest BCUT2D eigenvalue weighted by molar-refractivity contribution is -0.118. The molecule has 0 heterocycles. The fourth-order valence-corrected chi connectivity index (χ4v) is 2.30. The van der Waals surface area contributed by atoms with Gasteiger partial charge in [0.2, 0.25) is 5.91 Å². The number of anilines is 1. The lowest BCUT2D eigenvalue weighted by Crippen LogP contribution is -2.38. The van der Waals surface area contributed by atoms with E-state index in [1.165, 1.54) is 0 Å². The average Bonchev–Trinajstić information content (AvgIpc) is 2.14. The Labute approximate surface area is 108 Å². The fourth-order valence-electron chi connectivity index (χ4n) is 1.49. The Bertz CT molecular complexity index is 437. The van der Waals surface area contributed by atoms with Crippen LogP contribution in [-0.4, -0.2) is 18.5 Å². The Morgan fingerprint density at radius 2 is 2.00 bits per heavy atom. The van der Waals surface area contributed by atoms with Gasteiger partial charge in [-0.05, 0) is 47.0 Å². The predicted molar refractivity (Wildman–Crippen MR) is 69.8 cm³/mol. The zero-order valence-corrected chi connectivity index (χ0v) is 11.2. The number of nitrogens with two attached hydrogens (primary N) is 1. The molecule has 1 aromatic carbocycles. The molecule has 0 saturated heterocycles. The maximum Gasteiger partial charge on any atom is 0.318 e. The van der Waals surface area contributed by atoms with Crippen molar-refractivity contribution in [1.82, 2.24) is 5.32 Å². The number of urea groups is 1. The van der Waals surface area contributed by atoms with Crippen LogP contribution in [0.5, 0.6) is 0 Å². The summed E-state index contributed by atoms with van der Waals surface area (Å²) < 4.78 is 0.877. The number of carbonyl (C=O) groups is 2. The zero-order valence-electron chi connectivity index (χ0n) is 9.63. The second-order valence-corrected chi connectivity index (χ2v) is 4.56. The Morgan fingerprint density at radius 3 is 2.53 bits per heavy atom. The van der Waals surface area contributed by atoms with E-state index >= 15 is 0 Å². The first kappa shape index (κ1) is 13.5. The summed E-state index contributed by atoms with van der Waals surface area (Å²) in [4.78, 5) is 21.7. The fraction of sp³-hybridized carbons (Fsp3) is 0.273. The number of benzene rings is 1. The van der Waals surface area contributed by atoms with Crippen molar-refractivity contribution in [3.8, 4) is 0 Å². The van der Waals surface area contributed by atoms with E-state index in [2.05, 4.69) is 21.2 Å². The molecule has 0 aromatic heterocycles. The molecular weight excluding hydrogens is 286 g/mol. The number of rotatable bonds is 3. The topological polar surface area (TPSA) is 84.2 Å². The largest absolute Gasteiger partial charge is 0.375 e. The summed E-state index contributed by atoms with van der Waals surface area (Å²) in [7, 11) is 0. The van der Waals surface area contributed by atoms with E-state index in [1.54, 1.807) is 0 Å². The van der Waals surface area contributed by atoms with Gasteiger partial charge in [0.1, 0.15) is 0 Å². The Hall–Kier alpha value is -1.56. The van der Waals surface area contributed by atoms with Crippen molar-refractivity contribution >= 4 is 33.6 Å². The van der Waals surface area contributed by atoms with E-state index in [0.717, 1.165) is 21.3 Å². The van der Waals surface area contributed by atoms with Crippen LogP contribution in [-0.2, 0) is 4.79 Å².